The van der Waals surface area contributed by atoms with Gasteiger partial charge < -0.3 is 10.2 Å². The molecule has 2 amide bonds. The highest BCUT2D eigenvalue weighted by Gasteiger charge is 2.44. The summed E-state index contributed by atoms with van der Waals surface area (Å²) in [6.07, 6.45) is 2.44. The lowest BCUT2D eigenvalue weighted by Crippen LogP contribution is -2.57. The van der Waals surface area contributed by atoms with Gasteiger partial charge in [0.15, 0.2) is 0 Å². The number of likely N-dealkylation sites (tertiary alicyclic amines) is 1. The first-order chi connectivity index (χ1) is 16.7. The highest BCUT2D eigenvalue weighted by Crippen LogP contribution is 2.29. The van der Waals surface area contributed by atoms with Crippen LogP contribution in [0, 0.1) is 34.5 Å². The average molecular weight is 499 g/mol. The topological polar surface area (TPSA) is 138 Å². The molecule has 0 unspecified atom stereocenters. The maximum absolute atomic E-state index is 13.4. The van der Waals surface area contributed by atoms with Crippen molar-refractivity contribution in [2.75, 3.05) is 32.7 Å². The Bertz CT molecular complexity index is 1150. The Morgan fingerprint density at radius 1 is 1.03 bits per heavy atom. The normalized spacial score (nSPS) is 24.7. The first-order valence-corrected chi connectivity index (χ1v) is 13.4. The molecule has 0 bridgehead atoms. The van der Waals surface area contributed by atoms with E-state index in [1.165, 1.54) is 8.61 Å². The van der Waals surface area contributed by atoms with E-state index in [1.54, 1.807) is 29.2 Å². The standard InChI is InChI=1S/C24H30N6O4S/c1-17(20-8-6-18(12-25)7-9-20)27-23(31)22-5-3-11-30(22)24(32)21-4-2-10-28(16-21)35(33,34)29-14-19(13-26)15-29/h6-9,17,19,21-22H,2-5,10-11,14-16H2,1H3,(H,27,31)/t17-,21+,22-/m1/s1. The lowest BCUT2D eigenvalue weighted by molar-refractivity contribution is -0.142. The Morgan fingerprint density at radius 2 is 1.71 bits per heavy atom. The van der Waals surface area contributed by atoms with E-state index in [9.17, 15) is 18.0 Å². The van der Waals surface area contributed by atoms with Crippen LogP contribution in [0.2, 0.25) is 0 Å². The van der Waals surface area contributed by atoms with Crippen LogP contribution in [0.4, 0.5) is 0 Å². The SMILES string of the molecule is C[C@@H](NC(=O)[C@H]1CCCN1C(=O)[C@H]1CCCN(S(=O)(=O)N2CC(C#N)C2)C1)c1ccc(C#N)cc1. The van der Waals surface area contributed by atoms with E-state index in [1.807, 2.05) is 6.92 Å². The molecule has 1 aromatic rings. The summed E-state index contributed by atoms with van der Waals surface area (Å²) in [5.41, 5.74) is 1.41. The molecule has 1 N–H and O–H groups in total. The minimum Gasteiger partial charge on any atom is -0.348 e. The molecule has 3 aliphatic heterocycles. The van der Waals surface area contributed by atoms with Gasteiger partial charge in [0.1, 0.15) is 6.04 Å². The molecule has 4 rings (SSSR count). The smallest absolute Gasteiger partial charge is 0.282 e. The molecule has 186 valence electrons. The molecule has 3 aliphatic rings. The maximum Gasteiger partial charge on any atom is 0.282 e. The summed E-state index contributed by atoms with van der Waals surface area (Å²) in [7, 11) is -3.69. The summed E-state index contributed by atoms with van der Waals surface area (Å²) in [6.45, 7) is 3.17. The molecule has 10 nitrogen and oxygen atoms in total. The Kier molecular flexibility index (Phi) is 7.41. The van der Waals surface area contributed by atoms with Crippen LogP contribution in [0.25, 0.3) is 0 Å². The van der Waals surface area contributed by atoms with Crippen molar-refractivity contribution in [1.29, 1.82) is 10.5 Å². The quantitative estimate of drug-likeness (QED) is 0.624. The lowest BCUT2D eigenvalue weighted by atomic mass is 9.97. The summed E-state index contributed by atoms with van der Waals surface area (Å²) in [5, 5.41) is 20.9. The predicted octanol–water partition coefficient (Wildman–Crippen LogP) is 1.14. The summed E-state index contributed by atoms with van der Waals surface area (Å²) < 4.78 is 28.5. The zero-order chi connectivity index (χ0) is 25.2. The van der Waals surface area contributed by atoms with Crippen molar-refractivity contribution in [3.05, 3.63) is 35.4 Å². The fraction of sp³-hybridized carbons (Fsp3) is 0.583. The van der Waals surface area contributed by atoms with Gasteiger partial charge in [0, 0.05) is 32.7 Å². The van der Waals surface area contributed by atoms with Crippen LogP contribution in [0.5, 0.6) is 0 Å². The number of carbonyl (C=O) groups is 2. The Balaban J connectivity index is 1.38. The van der Waals surface area contributed by atoms with Gasteiger partial charge in [0.2, 0.25) is 11.8 Å². The zero-order valence-corrected chi connectivity index (χ0v) is 20.6. The number of piperidine rings is 1. The number of carbonyl (C=O) groups excluding carboxylic acids is 2. The van der Waals surface area contributed by atoms with E-state index in [-0.39, 0.29) is 43.4 Å². The first-order valence-electron chi connectivity index (χ1n) is 12.0. The van der Waals surface area contributed by atoms with Crippen LogP contribution in [0.15, 0.2) is 24.3 Å². The van der Waals surface area contributed by atoms with Crippen LogP contribution in [0.3, 0.4) is 0 Å². The summed E-state index contributed by atoms with van der Waals surface area (Å²) in [6, 6.07) is 10.3. The minimum atomic E-state index is -3.69. The Labute approximate surface area is 206 Å². The lowest BCUT2D eigenvalue weighted by Gasteiger charge is -2.41. The van der Waals surface area contributed by atoms with E-state index < -0.39 is 22.2 Å². The summed E-state index contributed by atoms with van der Waals surface area (Å²) in [5.74, 6) is -1.17. The van der Waals surface area contributed by atoms with Gasteiger partial charge in [-0.05, 0) is 50.3 Å². The number of nitrogens with zero attached hydrogens (tertiary/aromatic N) is 5. The average Bonchev–Trinajstić information content (AvgIpc) is 3.33. The molecule has 1 aromatic carbocycles. The summed E-state index contributed by atoms with van der Waals surface area (Å²) >= 11 is 0. The Hall–Kier alpha value is -2.99. The second-order valence-electron chi connectivity index (χ2n) is 9.50. The summed E-state index contributed by atoms with van der Waals surface area (Å²) in [4.78, 5) is 28.1. The van der Waals surface area contributed by atoms with Crippen molar-refractivity contribution < 1.29 is 18.0 Å². The number of rotatable bonds is 6. The first kappa shape index (κ1) is 25.1. The van der Waals surface area contributed by atoms with Gasteiger partial charge in [0.05, 0.1) is 35.6 Å². The van der Waals surface area contributed by atoms with Crippen molar-refractivity contribution in [2.45, 2.75) is 44.7 Å². The van der Waals surface area contributed by atoms with Crippen LogP contribution in [-0.4, -0.2) is 72.5 Å². The van der Waals surface area contributed by atoms with Crippen LogP contribution >= 0.6 is 0 Å². The number of nitrogens with one attached hydrogen (secondary N) is 1. The third kappa shape index (κ3) is 5.18. The number of hydrogen-bond acceptors (Lipinski definition) is 6. The second kappa shape index (κ2) is 10.3. The van der Waals surface area contributed by atoms with Gasteiger partial charge in [-0.2, -0.15) is 27.6 Å². The predicted molar refractivity (Wildman–Crippen MR) is 126 cm³/mol. The zero-order valence-electron chi connectivity index (χ0n) is 19.8. The second-order valence-corrected chi connectivity index (χ2v) is 11.4. The van der Waals surface area contributed by atoms with Crippen molar-refractivity contribution in [3.8, 4) is 12.1 Å². The Morgan fingerprint density at radius 3 is 2.37 bits per heavy atom. The highest BCUT2D eigenvalue weighted by molar-refractivity contribution is 7.86. The molecule has 3 heterocycles. The molecule has 0 spiro atoms. The molecule has 3 atom stereocenters. The van der Waals surface area contributed by atoms with Gasteiger partial charge in [-0.1, -0.05) is 12.1 Å². The monoisotopic (exact) mass is 498 g/mol. The fourth-order valence-electron chi connectivity index (χ4n) is 5.00. The molecular weight excluding hydrogens is 468 g/mol. The van der Waals surface area contributed by atoms with E-state index in [4.69, 9.17) is 10.5 Å². The van der Waals surface area contributed by atoms with Crippen molar-refractivity contribution in [2.24, 2.45) is 11.8 Å². The van der Waals surface area contributed by atoms with Gasteiger partial charge in [-0.25, -0.2) is 0 Å². The van der Waals surface area contributed by atoms with Gasteiger partial charge >= 0.3 is 0 Å². The van der Waals surface area contributed by atoms with E-state index in [0.29, 0.717) is 44.3 Å². The van der Waals surface area contributed by atoms with E-state index in [2.05, 4.69) is 17.5 Å². The maximum atomic E-state index is 13.4. The largest absolute Gasteiger partial charge is 0.348 e. The van der Waals surface area contributed by atoms with Crippen LogP contribution in [0.1, 0.15) is 49.8 Å². The molecule has 0 aliphatic carbocycles. The van der Waals surface area contributed by atoms with Crippen molar-refractivity contribution in [1.82, 2.24) is 18.8 Å². The molecular formula is C24H30N6O4S. The third-order valence-electron chi connectivity index (χ3n) is 7.15. The van der Waals surface area contributed by atoms with Crippen LogP contribution in [-0.2, 0) is 19.8 Å². The molecule has 0 aromatic heterocycles. The van der Waals surface area contributed by atoms with E-state index in [0.717, 1.165) is 5.56 Å². The molecule has 0 radical (unpaired) electrons. The molecule has 3 saturated heterocycles. The van der Waals surface area contributed by atoms with E-state index >= 15 is 0 Å². The molecule has 3 fully saturated rings. The van der Waals surface area contributed by atoms with Crippen molar-refractivity contribution in [3.63, 3.8) is 0 Å². The molecule has 35 heavy (non-hydrogen) atoms. The molecule has 0 saturated carbocycles. The van der Waals surface area contributed by atoms with Gasteiger partial charge in [0.25, 0.3) is 10.2 Å². The fourth-order valence-corrected chi connectivity index (χ4v) is 6.79. The minimum absolute atomic E-state index is 0.0986. The number of nitriles is 2. The number of amides is 2. The van der Waals surface area contributed by atoms with Crippen molar-refractivity contribution >= 4 is 22.0 Å². The third-order valence-corrected chi connectivity index (χ3v) is 9.09. The number of hydrogen-bond donors (Lipinski definition) is 1. The van der Waals surface area contributed by atoms with Gasteiger partial charge in [-0.3, -0.25) is 9.59 Å². The molecule has 11 heteroatoms. The highest BCUT2D eigenvalue weighted by atomic mass is 32.2. The van der Waals surface area contributed by atoms with Crippen LogP contribution < -0.4 is 5.32 Å². The number of benzene rings is 1. The van der Waals surface area contributed by atoms with Gasteiger partial charge in [-0.15, -0.1) is 0 Å².